The minimum atomic E-state index is -1.11. The summed E-state index contributed by atoms with van der Waals surface area (Å²) in [5, 5.41) is 14.8. The Kier molecular flexibility index (Phi) is 5.37. The van der Waals surface area contributed by atoms with Gasteiger partial charge < -0.3 is 24.8 Å². The highest BCUT2D eigenvalue weighted by molar-refractivity contribution is 6.04. The maximum atomic E-state index is 13.7. The zero-order valence-electron chi connectivity index (χ0n) is 18.7. The number of carbonyl (C=O) groups is 3. The van der Waals surface area contributed by atoms with Gasteiger partial charge in [0.15, 0.2) is 0 Å². The maximum Gasteiger partial charge on any atom is 0.312 e. The van der Waals surface area contributed by atoms with Crippen molar-refractivity contribution in [1.82, 2.24) is 4.90 Å². The van der Waals surface area contributed by atoms with Gasteiger partial charge in [-0.3, -0.25) is 14.4 Å². The van der Waals surface area contributed by atoms with Gasteiger partial charge in [-0.25, -0.2) is 0 Å². The van der Waals surface area contributed by atoms with Crippen molar-refractivity contribution in [2.45, 2.75) is 50.5 Å². The first-order valence-corrected chi connectivity index (χ1v) is 11.5. The molecule has 3 fully saturated rings. The summed E-state index contributed by atoms with van der Waals surface area (Å²) in [6, 6.07) is 11.9. The highest BCUT2D eigenvalue weighted by atomic mass is 16.6. The van der Waals surface area contributed by atoms with Crippen LogP contribution in [0.25, 0.3) is 10.8 Å². The Morgan fingerprint density at radius 2 is 2.03 bits per heavy atom. The number of carbonyl (C=O) groups excluding carboxylic acids is 3. The summed E-state index contributed by atoms with van der Waals surface area (Å²) in [6.45, 7) is 3.32. The van der Waals surface area contributed by atoms with Crippen LogP contribution < -0.4 is 5.32 Å². The number of likely N-dealkylation sites (tertiary alicyclic amines) is 1. The monoisotopic (exact) mass is 452 g/mol. The lowest BCUT2D eigenvalue weighted by atomic mass is 9.70. The van der Waals surface area contributed by atoms with Gasteiger partial charge in [-0.2, -0.15) is 0 Å². The fourth-order valence-electron chi connectivity index (χ4n) is 5.94. The largest absolute Gasteiger partial charge is 0.466 e. The molecule has 2 aromatic rings. The van der Waals surface area contributed by atoms with Crippen molar-refractivity contribution in [3.63, 3.8) is 0 Å². The Bertz CT molecular complexity index is 1120. The Labute approximate surface area is 191 Å². The Hall–Kier alpha value is -2.97. The first kappa shape index (κ1) is 21.9. The molecule has 5 rings (SSSR count). The number of aliphatic hydroxyl groups is 1. The van der Waals surface area contributed by atoms with Crippen molar-refractivity contribution in [3.8, 4) is 0 Å². The molecule has 3 saturated heterocycles. The topological polar surface area (TPSA) is 105 Å². The number of rotatable bonds is 6. The summed E-state index contributed by atoms with van der Waals surface area (Å²) in [7, 11) is 0. The highest BCUT2D eigenvalue weighted by Crippen LogP contribution is 2.59. The first-order chi connectivity index (χ1) is 15.9. The SMILES string of the molecule is CCOC(=O)[C@@H]1[C@@H]2CC[C@]3(O2)[C@H](C(=O)Nc2ccc4ccccc4c2)N([C@H](C)CO)C(=O)[C@@H]13. The predicted molar refractivity (Wildman–Crippen MR) is 120 cm³/mol. The second-order valence-corrected chi connectivity index (χ2v) is 9.14. The maximum absolute atomic E-state index is 13.7. The Morgan fingerprint density at radius 3 is 2.76 bits per heavy atom. The van der Waals surface area contributed by atoms with Crippen molar-refractivity contribution in [3.05, 3.63) is 42.5 Å². The molecule has 0 aromatic heterocycles. The van der Waals surface area contributed by atoms with Crippen LogP contribution in [0.5, 0.6) is 0 Å². The molecular weight excluding hydrogens is 424 g/mol. The number of nitrogens with zero attached hydrogens (tertiary/aromatic N) is 1. The normalized spacial score (nSPS) is 31.0. The molecular formula is C25H28N2O6. The van der Waals surface area contributed by atoms with E-state index in [1.165, 1.54) is 4.90 Å². The van der Waals surface area contributed by atoms with E-state index in [-0.39, 0.29) is 25.0 Å². The van der Waals surface area contributed by atoms with E-state index in [1.807, 2.05) is 42.5 Å². The van der Waals surface area contributed by atoms with E-state index in [4.69, 9.17) is 9.47 Å². The van der Waals surface area contributed by atoms with E-state index in [0.717, 1.165) is 10.8 Å². The molecule has 3 aliphatic rings. The lowest BCUT2D eigenvalue weighted by molar-refractivity contribution is -0.155. The van der Waals surface area contributed by atoms with Gasteiger partial charge in [0.05, 0.1) is 37.2 Å². The number of esters is 1. The lowest BCUT2D eigenvalue weighted by Crippen LogP contribution is -2.55. The summed E-state index contributed by atoms with van der Waals surface area (Å²) >= 11 is 0. The number of aliphatic hydroxyl groups excluding tert-OH is 1. The third kappa shape index (κ3) is 3.23. The van der Waals surface area contributed by atoms with Crippen molar-refractivity contribution < 1.29 is 29.0 Å². The summed E-state index contributed by atoms with van der Waals surface area (Å²) in [5.41, 5.74) is -0.499. The lowest BCUT2D eigenvalue weighted by Gasteiger charge is -2.35. The number of amides is 2. The number of anilines is 1. The van der Waals surface area contributed by atoms with Crippen LogP contribution >= 0.6 is 0 Å². The molecule has 0 radical (unpaired) electrons. The van der Waals surface area contributed by atoms with E-state index in [2.05, 4.69) is 5.32 Å². The van der Waals surface area contributed by atoms with Crippen molar-refractivity contribution >= 4 is 34.2 Å². The summed E-state index contributed by atoms with van der Waals surface area (Å²) < 4.78 is 11.5. The molecule has 2 bridgehead atoms. The minimum Gasteiger partial charge on any atom is -0.466 e. The fraction of sp³-hybridized carbons (Fsp3) is 0.480. The number of hydrogen-bond donors (Lipinski definition) is 2. The third-order valence-electron chi connectivity index (χ3n) is 7.30. The fourth-order valence-corrected chi connectivity index (χ4v) is 5.94. The second kappa shape index (κ2) is 8.11. The molecule has 174 valence electrons. The van der Waals surface area contributed by atoms with Crippen LogP contribution in [0.4, 0.5) is 5.69 Å². The third-order valence-corrected chi connectivity index (χ3v) is 7.30. The standard InChI is InChI=1S/C25H28N2O6/c1-3-32-24(31)19-18-10-11-25(33-18)20(19)23(30)27(14(2)13-28)21(25)22(29)26-17-9-8-15-6-4-5-7-16(15)12-17/h4-9,12,14,18-21,28H,3,10-11,13H2,1-2H3,(H,26,29)/t14-,18+,19-,20-,21+,25-/m1/s1. The molecule has 6 atom stereocenters. The number of hydrogen-bond acceptors (Lipinski definition) is 6. The van der Waals surface area contributed by atoms with Gasteiger partial charge in [0.2, 0.25) is 11.8 Å². The average molecular weight is 453 g/mol. The van der Waals surface area contributed by atoms with Crippen molar-refractivity contribution in [1.29, 1.82) is 0 Å². The number of fused-ring (bicyclic) bond motifs is 2. The Balaban J connectivity index is 1.50. The van der Waals surface area contributed by atoms with Gasteiger partial charge in [-0.05, 0) is 49.6 Å². The van der Waals surface area contributed by atoms with E-state index < -0.39 is 41.6 Å². The van der Waals surface area contributed by atoms with Gasteiger partial charge in [-0.15, -0.1) is 0 Å². The molecule has 8 heteroatoms. The molecule has 0 aliphatic carbocycles. The molecule has 33 heavy (non-hydrogen) atoms. The van der Waals surface area contributed by atoms with Crippen molar-refractivity contribution in [2.24, 2.45) is 11.8 Å². The molecule has 0 saturated carbocycles. The minimum absolute atomic E-state index is 0.207. The van der Waals surface area contributed by atoms with Crippen LogP contribution in [0.1, 0.15) is 26.7 Å². The van der Waals surface area contributed by atoms with Crippen LogP contribution in [-0.2, 0) is 23.9 Å². The van der Waals surface area contributed by atoms with E-state index >= 15 is 0 Å². The molecule has 3 heterocycles. The molecule has 8 nitrogen and oxygen atoms in total. The number of ether oxygens (including phenoxy) is 2. The van der Waals surface area contributed by atoms with Crippen LogP contribution in [0, 0.1) is 11.8 Å². The van der Waals surface area contributed by atoms with Crippen LogP contribution in [-0.4, -0.2) is 64.8 Å². The quantitative estimate of drug-likeness (QED) is 0.651. The van der Waals surface area contributed by atoms with Gasteiger partial charge in [0.25, 0.3) is 0 Å². The van der Waals surface area contributed by atoms with Gasteiger partial charge in [-0.1, -0.05) is 30.3 Å². The van der Waals surface area contributed by atoms with Crippen molar-refractivity contribution in [2.75, 3.05) is 18.5 Å². The summed E-state index contributed by atoms with van der Waals surface area (Å²) in [5.74, 6) is -2.72. The zero-order chi connectivity index (χ0) is 23.3. The molecule has 2 amide bonds. The predicted octanol–water partition coefficient (Wildman–Crippen LogP) is 2.10. The molecule has 2 aromatic carbocycles. The summed E-state index contributed by atoms with van der Waals surface area (Å²) in [4.78, 5) is 41.4. The summed E-state index contributed by atoms with van der Waals surface area (Å²) in [6.07, 6.45) is 0.628. The van der Waals surface area contributed by atoms with Crippen LogP contribution in [0.2, 0.25) is 0 Å². The molecule has 1 spiro atoms. The second-order valence-electron chi connectivity index (χ2n) is 9.14. The van der Waals surface area contributed by atoms with E-state index in [1.54, 1.807) is 13.8 Å². The smallest absolute Gasteiger partial charge is 0.312 e. The van der Waals surface area contributed by atoms with Gasteiger partial charge in [0, 0.05) is 5.69 Å². The zero-order valence-corrected chi connectivity index (χ0v) is 18.7. The van der Waals surface area contributed by atoms with Gasteiger partial charge >= 0.3 is 5.97 Å². The Morgan fingerprint density at radius 1 is 1.27 bits per heavy atom. The first-order valence-electron chi connectivity index (χ1n) is 11.5. The molecule has 0 unspecified atom stereocenters. The van der Waals surface area contributed by atoms with Crippen LogP contribution in [0.15, 0.2) is 42.5 Å². The highest BCUT2D eigenvalue weighted by Gasteiger charge is 2.75. The van der Waals surface area contributed by atoms with E-state index in [0.29, 0.717) is 18.5 Å². The number of benzene rings is 2. The number of nitrogens with one attached hydrogen (secondary N) is 1. The van der Waals surface area contributed by atoms with Crippen LogP contribution in [0.3, 0.4) is 0 Å². The average Bonchev–Trinajstić information content (AvgIpc) is 3.46. The van der Waals surface area contributed by atoms with Gasteiger partial charge in [0.1, 0.15) is 11.6 Å². The van der Waals surface area contributed by atoms with E-state index in [9.17, 15) is 19.5 Å². The molecule has 2 N–H and O–H groups in total. The molecule has 3 aliphatic heterocycles.